The van der Waals surface area contributed by atoms with E-state index in [1.54, 1.807) is 0 Å². The number of hydrogen-bond acceptors (Lipinski definition) is 6. The first-order valence-corrected chi connectivity index (χ1v) is 5.56. The molecule has 0 radical (unpaired) electrons. The largest absolute Gasteiger partial charge is 0.478 e. The number of rotatable bonds is 3. The summed E-state index contributed by atoms with van der Waals surface area (Å²) in [5.74, 6) is -1.65. The number of nitro benzene ring substituents is 1. The van der Waals surface area contributed by atoms with Crippen LogP contribution in [0.4, 0.5) is 5.69 Å². The molecule has 2 N–H and O–H groups in total. The maximum atomic E-state index is 11.0. The molecule has 0 aliphatic rings. The van der Waals surface area contributed by atoms with Crippen LogP contribution in [0.2, 0.25) is 0 Å². The van der Waals surface area contributed by atoms with Crippen LogP contribution in [-0.2, 0) is 10.1 Å². The van der Waals surface area contributed by atoms with Crippen molar-refractivity contribution >= 4 is 21.8 Å². The van der Waals surface area contributed by atoms with E-state index in [0.717, 1.165) is 0 Å². The van der Waals surface area contributed by atoms with Crippen LogP contribution in [0.15, 0.2) is 17.0 Å². The SMILES string of the molecule is N#Cc1c(C(=O)O)ccc([N+](=O)[O-])c1S(=O)(=O)O. The van der Waals surface area contributed by atoms with E-state index in [2.05, 4.69) is 0 Å². The molecule has 1 aromatic carbocycles. The Balaban J connectivity index is 3.93. The van der Waals surface area contributed by atoms with Crippen LogP contribution in [0.25, 0.3) is 0 Å². The van der Waals surface area contributed by atoms with Crippen molar-refractivity contribution in [3.63, 3.8) is 0 Å². The lowest BCUT2D eigenvalue weighted by atomic mass is 10.1. The monoisotopic (exact) mass is 272 g/mol. The summed E-state index contributed by atoms with van der Waals surface area (Å²) in [5.41, 5.74) is -2.81. The highest BCUT2D eigenvalue weighted by molar-refractivity contribution is 7.86. The maximum Gasteiger partial charge on any atom is 0.337 e. The first kappa shape index (κ1) is 13.6. The summed E-state index contributed by atoms with van der Waals surface area (Å²) in [6.45, 7) is 0. The van der Waals surface area contributed by atoms with E-state index >= 15 is 0 Å². The van der Waals surface area contributed by atoms with E-state index < -0.39 is 42.7 Å². The standard InChI is InChI=1S/C8H4N2O7S/c9-3-5-4(8(11)12)1-2-6(10(13)14)7(5)18(15,16)17/h1-2H,(H,11,12)(H,15,16,17). The van der Waals surface area contributed by atoms with Crippen LogP contribution < -0.4 is 0 Å². The molecule has 0 aromatic heterocycles. The Morgan fingerprint density at radius 3 is 2.33 bits per heavy atom. The van der Waals surface area contributed by atoms with Crippen molar-refractivity contribution in [3.8, 4) is 6.07 Å². The zero-order valence-corrected chi connectivity index (χ0v) is 9.21. The van der Waals surface area contributed by atoms with E-state index in [-0.39, 0.29) is 0 Å². The van der Waals surface area contributed by atoms with Gasteiger partial charge in [-0.3, -0.25) is 14.7 Å². The lowest BCUT2D eigenvalue weighted by Crippen LogP contribution is -2.10. The minimum atomic E-state index is -5.10. The fraction of sp³-hybridized carbons (Fsp3) is 0. The van der Waals surface area contributed by atoms with Crippen LogP contribution in [-0.4, -0.2) is 29.0 Å². The van der Waals surface area contributed by atoms with Gasteiger partial charge in [0.05, 0.1) is 16.1 Å². The van der Waals surface area contributed by atoms with Crippen LogP contribution in [0.1, 0.15) is 15.9 Å². The molecule has 0 heterocycles. The molecule has 0 saturated heterocycles. The van der Waals surface area contributed by atoms with Crippen molar-refractivity contribution in [3.05, 3.63) is 33.4 Å². The van der Waals surface area contributed by atoms with Gasteiger partial charge < -0.3 is 5.11 Å². The van der Waals surface area contributed by atoms with Crippen molar-refractivity contribution < 1.29 is 27.8 Å². The Kier molecular flexibility index (Phi) is 3.31. The number of nitro groups is 1. The summed E-state index contributed by atoms with van der Waals surface area (Å²) in [4.78, 5) is 18.9. The molecule has 0 saturated carbocycles. The van der Waals surface area contributed by atoms with Gasteiger partial charge in [-0.2, -0.15) is 13.7 Å². The van der Waals surface area contributed by atoms with Crippen LogP contribution in [0.5, 0.6) is 0 Å². The molecule has 1 rings (SSSR count). The minimum absolute atomic E-state index is 0.591. The Labute approximate surface area is 99.8 Å². The zero-order chi connectivity index (χ0) is 14.1. The first-order chi connectivity index (χ1) is 8.20. The third-order valence-corrected chi connectivity index (χ3v) is 2.86. The smallest absolute Gasteiger partial charge is 0.337 e. The number of carbonyl (C=O) groups is 1. The molecule has 9 nitrogen and oxygen atoms in total. The van der Waals surface area contributed by atoms with E-state index in [4.69, 9.17) is 14.9 Å². The van der Waals surface area contributed by atoms with Gasteiger partial charge in [-0.15, -0.1) is 0 Å². The van der Waals surface area contributed by atoms with Gasteiger partial charge in [0.25, 0.3) is 5.69 Å². The van der Waals surface area contributed by atoms with Gasteiger partial charge >= 0.3 is 16.1 Å². The number of carboxylic acids is 1. The Bertz CT molecular complexity index is 686. The van der Waals surface area contributed by atoms with Gasteiger partial charge in [0.2, 0.25) is 0 Å². The molecule has 1 aromatic rings. The summed E-state index contributed by atoms with van der Waals surface area (Å²) in [5, 5.41) is 28.0. The van der Waals surface area contributed by atoms with E-state index in [1.807, 2.05) is 0 Å². The van der Waals surface area contributed by atoms with Crippen molar-refractivity contribution in [2.24, 2.45) is 0 Å². The van der Waals surface area contributed by atoms with Crippen LogP contribution >= 0.6 is 0 Å². The maximum absolute atomic E-state index is 11.0. The van der Waals surface area contributed by atoms with Crippen LogP contribution in [0.3, 0.4) is 0 Å². The lowest BCUT2D eigenvalue weighted by molar-refractivity contribution is -0.387. The summed E-state index contributed by atoms with van der Waals surface area (Å²) >= 11 is 0. The van der Waals surface area contributed by atoms with E-state index in [9.17, 15) is 23.3 Å². The molecule has 18 heavy (non-hydrogen) atoms. The molecule has 0 atom stereocenters. The highest BCUT2D eigenvalue weighted by Crippen LogP contribution is 2.29. The minimum Gasteiger partial charge on any atom is -0.478 e. The summed E-state index contributed by atoms with van der Waals surface area (Å²) < 4.78 is 30.9. The number of nitriles is 1. The molecule has 10 heteroatoms. The molecule has 0 amide bonds. The number of carboxylic acid groups (broad SMARTS) is 1. The molecule has 0 spiro atoms. The Morgan fingerprint density at radius 2 is 2.00 bits per heavy atom. The third kappa shape index (κ3) is 2.26. The number of hydrogen-bond donors (Lipinski definition) is 2. The van der Waals surface area contributed by atoms with Crippen molar-refractivity contribution in [2.75, 3.05) is 0 Å². The van der Waals surface area contributed by atoms with Crippen molar-refractivity contribution in [1.29, 1.82) is 5.26 Å². The average Bonchev–Trinajstić information content (AvgIpc) is 2.25. The quantitative estimate of drug-likeness (QED) is 0.454. The second-order valence-corrected chi connectivity index (χ2v) is 4.34. The first-order valence-electron chi connectivity index (χ1n) is 4.12. The summed E-state index contributed by atoms with van der Waals surface area (Å²) in [6.07, 6.45) is 0. The number of aromatic carboxylic acids is 1. The average molecular weight is 272 g/mol. The second kappa shape index (κ2) is 4.40. The van der Waals surface area contributed by atoms with Gasteiger partial charge in [0, 0.05) is 6.07 Å². The molecule has 0 bridgehead atoms. The van der Waals surface area contributed by atoms with Crippen molar-refractivity contribution in [2.45, 2.75) is 4.90 Å². The zero-order valence-electron chi connectivity index (χ0n) is 8.39. The lowest BCUT2D eigenvalue weighted by Gasteiger charge is -2.04. The molecule has 0 aliphatic carbocycles. The highest BCUT2D eigenvalue weighted by Gasteiger charge is 2.31. The predicted molar refractivity (Wildman–Crippen MR) is 54.6 cm³/mol. The van der Waals surface area contributed by atoms with Gasteiger partial charge in [-0.1, -0.05) is 0 Å². The topological polar surface area (TPSA) is 159 Å². The predicted octanol–water partition coefficient (Wildman–Crippen LogP) is 0.411. The number of benzene rings is 1. The fourth-order valence-electron chi connectivity index (χ4n) is 1.27. The second-order valence-electron chi connectivity index (χ2n) is 2.99. The van der Waals surface area contributed by atoms with Crippen LogP contribution in [0, 0.1) is 21.4 Å². The highest BCUT2D eigenvalue weighted by atomic mass is 32.2. The normalized spacial score (nSPS) is 10.7. The molecular formula is C8H4N2O7S. The molecule has 94 valence electrons. The molecule has 0 fully saturated rings. The fourth-order valence-corrected chi connectivity index (χ4v) is 2.09. The Morgan fingerprint density at radius 1 is 1.44 bits per heavy atom. The third-order valence-electron chi connectivity index (χ3n) is 1.93. The Hall–Kier alpha value is -2.51. The van der Waals surface area contributed by atoms with Gasteiger partial charge in [-0.05, 0) is 6.07 Å². The summed E-state index contributed by atoms with van der Waals surface area (Å²) in [6, 6.07) is 2.53. The molecule has 0 unspecified atom stereocenters. The van der Waals surface area contributed by atoms with E-state index in [0.29, 0.717) is 12.1 Å². The molecular weight excluding hydrogens is 268 g/mol. The summed E-state index contributed by atoms with van der Waals surface area (Å²) in [7, 11) is -5.10. The van der Waals surface area contributed by atoms with Crippen molar-refractivity contribution in [1.82, 2.24) is 0 Å². The number of nitrogens with zero attached hydrogens (tertiary/aromatic N) is 2. The van der Waals surface area contributed by atoms with Gasteiger partial charge in [0.15, 0.2) is 4.90 Å². The van der Waals surface area contributed by atoms with E-state index in [1.165, 1.54) is 6.07 Å². The van der Waals surface area contributed by atoms with Gasteiger partial charge in [0.1, 0.15) is 6.07 Å². The van der Waals surface area contributed by atoms with Gasteiger partial charge in [-0.25, -0.2) is 4.79 Å². The molecule has 0 aliphatic heterocycles.